The van der Waals surface area contributed by atoms with Crippen LogP contribution in [-0.4, -0.2) is 9.55 Å². The molecule has 0 aliphatic heterocycles. The van der Waals surface area contributed by atoms with E-state index in [1.807, 2.05) is 30.5 Å². The van der Waals surface area contributed by atoms with Gasteiger partial charge in [0, 0.05) is 28.4 Å². The Hall–Kier alpha value is -2.92. The first-order chi connectivity index (χ1) is 13.6. The van der Waals surface area contributed by atoms with Gasteiger partial charge in [0.05, 0.1) is 6.54 Å². The minimum atomic E-state index is -0.316. The van der Waals surface area contributed by atoms with E-state index in [9.17, 15) is 8.78 Å². The summed E-state index contributed by atoms with van der Waals surface area (Å²) in [5.74, 6) is -0.156. The van der Waals surface area contributed by atoms with Crippen LogP contribution in [0.4, 0.5) is 8.78 Å². The van der Waals surface area contributed by atoms with Crippen LogP contribution in [0.5, 0.6) is 5.88 Å². The van der Waals surface area contributed by atoms with Crippen molar-refractivity contribution in [3.05, 3.63) is 94.8 Å². The maximum Gasteiger partial charge on any atom is 0.238 e. The van der Waals surface area contributed by atoms with Gasteiger partial charge in [-0.25, -0.2) is 13.8 Å². The second-order valence-electron chi connectivity index (χ2n) is 6.78. The summed E-state index contributed by atoms with van der Waals surface area (Å²) in [4.78, 5) is 4.37. The van der Waals surface area contributed by atoms with Gasteiger partial charge in [0.2, 0.25) is 5.88 Å². The zero-order valence-corrected chi connectivity index (χ0v) is 17.0. The average Bonchev–Trinajstić information content (AvgIpc) is 2.94. The van der Waals surface area contributed by atoms with Crippen molar-refractivity contribution in [3.8, 4) is 5.88 Å². The number of benzene rings is 2. The first kappa shape index (κ1) is 20.8. The number of rotatable bonds is 5. The van der Waals surface area contributed by atoms with Crippen molar-refractivity contribution in [1.29, 1.82) is 0 Å². The molecule has 0 aliphatic carbocycles. The number of hydrogen-bond donors (Lipinski definition) is 0. The standard InChI is InChI=1S/C23H20F2N2O.ClH/c1-15-16(2)27(13-17-7-3-5-9-20(17)24)22-19(15)11-12-26-23(22)28-14-18-8-4-6-10-21(18)25;/h3-12H,13-14H2,1-2H3;1H. The topological polar surface area (TPSA) is 27.1 Å². The molecule has 0 fully saturated rings. The number of aromatic nitrogens is 2. The summed E-state index contributed by atoms with van der Waals surface area (Å²) in [6.07, 6.45) is 1.68. The minimum Gasteiger partial charge on any atom is -0.471 e. The molecule has 0 amide bonds. The predicted octanol–water partition coefficient (Wildman–Crippen LogP) is 5.98. The van der Waals surface area contributed by atoms with Crippen molar-refractivity contribution < 1.29 is 13.5 Å². The van der Waals surface area contributed by atoms with Crippen LogP contribution in [-0.2, 0) is 13.2 Å². The lowest BCUT2D eigenvalue weighted by atomic mass is 10.2. The van der Waals surface area contributed by atoms with E-state index in [-0.39, 0.29) is 30.6 Å². The first-order valence-corrected chi connectivity index (χ1v) is 9.10. The third-order valence-corrected chi connectivity index (χ3v) is 5.12. The third kappa shape index (κ3) is 3.96. The van der Waals surface area contributed by atoms with Crippen LogP contribution in [0.25, 0.3) is 10.9 Å². The first-order valence-electron chi connectivity index (χ1n) is 9.10. The van der Waals surface area contributed by atoms with Gasteiger partial charge in [-0.2, -0.15) is 0 Å². The molecule has 4 rings (SSSR count). The molecule has 4 aromatic rings. The van der Waals surface area contributed by atoms with Crippen LogP contribution in [0.15, 0.2) is 60.8 Å². The Morgan fingerprint density at radius 2 is 1.52 bits per heavy atom. The molecule has 0 saturated heterocycles. The quantitative estimate of drug-likeness (QED) is 0.401. The molecule has 2 aromatic carbocycles. The number of aryl methyl sites for hydroxylation is 1. The van der Waals surface area contributed by atoms with Crippen molar-refractivity contribution in [2.75, 3.05) is 0 Å². The van der Waals surface area contributed by atoms with Gasteiger partial charge in [-0.05, 0) is 37.6 Å². The van der Waals surface area contributed by atoms with Gasteiger partial charge >= 0.3 is 0 Å². The van der Waals surface area contributed by atoms with Gasteiger partial charge in [-0.3, -0.25) is 0 Å². The molecule has 6 heteroatoms. The largest absolute Gasteiger partial charge is 0.471 e. The van der Waals surface area contributed by atoms with Crippen LogP contribution in [0, 0.1) is 25.5 Å². The normalized spacial score (nSPS) is 10.8. The van der Waals surface area contributed by atoms with Gasteiger partial charge in [0.25, 0.3) is 0 Å². The zero-order chi connectivity index (χ0) is 19.7. The van der Waals surface area contributed by atoms with E-state index >= 15 is 0 Å². The Bertz CT molecular complexity index is 1160. The minimum absolute atomic E-state index is 0. The van der Waals surface area contributed by atoms with E-state index in [0.717, 1.165) is 22.2 Å². The van der Waals surface area contributed by atoms with Crippen LogP contribution in [0.1, 0.15) is 22.4 Å². The van der Waals surface area contributed by atoms with Gasteiger partial charge in [0.15, 0.2) is 0 Å². The van der Waals surface area contributed by atoms with E-state index < -0.39 is 0 Å². The summed E-state index contributed by atoms with van der Waals surface area (Å²) in [7, 11) is 0. The highest BCUT2D eigenvalue weighted by Crippen LogP contribution is 2.32. The highest BCUT2D eigenvalue weighted by Gasteiger charge is 2.18. The molecule has 29 heavy (non-hydrogen) atoms. The smallest absolute Gasteiger partial charge is 0.238 e. The van der Waals surface area contributed by atoms with E-state index in [1.54, 1.807) is 36.5 Å². The van der Waals surface area contributed by atoms with E-state index in [4.69, 9.17) is 4.74 Å². The number of nitrogens with zero attached hydrogens (tertiary/aromatic N) is 2. The van der Waals surface area contributed by atoms with Gasteiger partial charge in [0.1, 0.15) is 23.8 Å². The van der Waals surface area contributed by atoms with Crippen LogP contribution < -0.4 is 4.74 Å². The fourth-order valence-corrected chi connectivity index (χ4v) is 3.43. The summed E-state index contributed by atoms with van der Waals surface area (Å²) in [6, 6.07) is 15.1. The van der Waals surface area contributed by atoms with Crippen molar-refractivity contribution in [3.63, 3.8) is 0 Å². The molecule has 0 bridgehead atoms. The molecule has 0 unspecified atom stereocenters. The average molecular weight is 415 g/mol. The number of ether oxygens (including phenoxy) is 1. The summed E-state index contributed by atoms with van der Waals surface area (Å²) in [6.45, 7) is 4.46. The van der Waals surface area contributed by atoms with Crippen molar-refractivity contribution in [2.45, 2.75) is 27.0 Å². The van der Waals surface area contributed by atoms with E-state index in [0.29, 0.717) is 23.6 Å². The fraction of sp³-hybridized carbons (Fsp3) is 0.174. The van der Waals surface area contributed by atoms with Gasteiger partial charge < -0.3 is 9.30 Å². The molecule has 2 aromatic heterocycles. The third-order valence-electron chi connectivity index (χ3n) is 5.12. The molecule has 3 nitrogen and oxygen atoms in total. The fourth-order valence-electron chi connectivity index (χ4n) is 3.43. The molecule has 2 heterocycles. The summed E-state index contributed by atoms with van der Waals surface area (Å²) >= 11 is 0. The highest BCUT2D eigenvalue weighted by atomic mass is 35.5. The lowest BCUT2D eigenvalue weighted by molar-refractivity contribution is 0.290. The monoisotopic (exact) mass is 414 g/mol. The lowest BCUT2D eigenvalue weighted by Gasteiger charge is -2.13. The van der Waals surface area contributed by atoms with Gasteiger partial charge in [-0.15, -0.1) is 12.4 Å². The SMILES string of the molecule is Cc1c(C)n(Cc2ccccc2F)c2c(OCc3ccccc3F)nccc12.Cl. The Balaban J connectivity index is 0.00000240. The second kappa shape index (κ2) is 8.62. The van der Waals surface area contributed by atoms with Crippen molar-refractivity contribution >= 4 is 23.3 Å². The maximum absolute atomic E-state index is 14.2. The Kier molecular flexibility index (Phi) is 6.18. The summed E-state index contributed by atoms with van der Waals surface area (Å²) in [5.41, 5.74) is 3.94. The van der Waals surface area contributed by atoms with E-state index in [1.165, 1.54) is 12.1 Å². The molecule has 150 valence electrons. The zero-order valence-electron chi connectivity index (χ0n) is 16.2. The van der Waals surface area contributed by atoms with Crippen molar-refractivity contribution in [1.82, 2.24) is 9.55 Å². The molecular formula is C23H21ClF2N2O. The molecule has 0 N–H and O–H groups in total. The summed E-state index contributed by atoms with van der Waals surface area (Å²) < 4.78 is 36.1. The highest BCUT2D eigenvalue weighted by molar-refractivity contribution is 5.89. The van der Waals surface area contributed by atoms with Crippen LogP contribution >= 0.6 is 12.4 Å². The van der Waals surface area contributed by atoms with Crippen LogP contribution in [0.3, 0.4) is 0 Å². The number of fused-ring (bicyclic) bond motifs is 1. The molecular weight excluding hydrogens is 394 g/mol. The summed E-state index contributed by atoms with van der Waals surface area (Å²) in [5, 5.41) is 0.993. The molecule has 0 atom stereocenters. The lowest BCUT2D eigenvalue weighted by Crippen LogP contribution is -2.06. The molecule has 0 saturated carbocycles. The number of halogens is 3. The number of pyridine rings is 1. The molecule has 0 spiro atoms. The second-order valence-corrected chi connectivity index (χ2v) is 6.78. The molecule has 0 radical (unpaired) electrons. The Labute approximate surface area is 174 Å². The Morgan fingerprint density at radius 3 is 2.17 bits per heavy atom. The number of hydrogen-bond acceptors (Lipinski definition) is 2. The van der Waals surface area contributed by atoms with Crippen molar-refractivity contribution in [2.24, 2.45) is 0 Å². The Morgan fingerprint density at radius 1 is 0.897 bits per heavy atom. The molecule has 0 aliphatic rings. The van der Waals surface area contributed by atoms with E-state index in [2.05, 4.69) is 4.98 Å². The maximum atomic E-state index is 14.2. The predicted molar refractivity (Wildman–Crippen MR) is 113 cm³/mol. The van der Waals surface area contributed by atoms with Gasteiger partial charge in [-0.1, -0.05) is 36.4 Å². The van der Waals surface area contributed by atoms with Crippen LogP contribution in [0.2, 0.25) is 0 Å².